The van der Waals surface area contributed by atoms with Gasteiger partial charge < -0.3 is 10.1 Å². The van der Waals surface area contributed by atoms with Crippen LogP contribution in [-0.4, -0.2) is 39.2 Å². The van der Waals surface area contributed by atoms with Crippen LogP contribution >= 0.6 is 0 Å². The largest absolute Gasteiger partial charge is 0.452 e. The predicted octanol–water partition coefficient (Wildman–Crippen LogP) is 1.52. The van der Waals surface area contributed by atoms with Gasteiger partial charge in [0, 0.05) is 6.04 Å². The summed E-state index contributed by atoms with van der Waals surface area (Å²) in [6.07, 6.45) is 2.75. The molecule has 1 aromatic carbocycles. The molecular formula is C15H22N2O5S. The van der Waals surface area contributed by atoms with E-state index < -0.39 is 28.5 Å². The van der Waals surface area contributed by atoms with E-state index in [0.29, 0.717) is 0 Å². The van der Waals surface area contributed by atoms with E-state index in [-0.39, 0.29) is 17.3 Å². The number of anilines is 1. The molecule has 1 amide bonds. The maximum Gasteiger partial charge on any atom is 0.340 e. The Hall–Kier alpha value is -2.09. The van der Waals surface area contributed by atoms with Gasteiger partial charge in [0.1, 0.15) is 0 Å². The van der Waals surface area contributed by atoms with Gasteiger partial charge in [0.15, 0.2) is 6.61 Å². The van der Waals surface area contributed by atoms with Crippen LogP contribution in [0.15, 0.2) is 24.3 Å². The number of amides is 1. The first kappa shape index (κ1) is 19.0. The van der Waals surface area contributed by atoms with Crippen molar-refractivity contribution in [2.24, 2.45) is 0 Å². The zero-order valence-electron chi connectivity index (χ0n) is 13.5. The summed E-state index contributed by atoms with van der Waals surface area (Å²) in [7, 11) is -3.52. The molecule has 0 aliphatic carbocycles. The molecule has 0 saturated carbocycles. The zero-order chi connectivity index (χ0) is 17.5. The lowest BCUT2D eigenvalue weighted by Crippen LogP contribution is -2.35. The smallest absolute Gasteiger partial charge is 0.340 e. The van der Waals surface area contributed by atoms with Crippen molar-refractivity contribution in [3.05, 3.63) is 29.8 Å². The fourth-order valence-electron chi connectivity index (χ4n) is 1.98. The van der Waals surface area contributed by atoms with Crippen molar-refractivity contribution in [2.45, 2.75) is 32.7 Å². The summed E-state index contributed by atoms with van der Waals surface area (Å²) < 4.78 is 29.8. The molecular weight excluding hydrogens is 320 g/mol. The van der Waals surface area contributed by atoms with Gasteiger partial charge in [0.2, 0.25) is 10.0 Å². The van der Waals surface area contributed by atoms with Gasteiger partial charge in [-0.2, -0.15) is 0 Å². The maximum absolute atomic E-state index is 12.0. The number of benzene rings is 1. The Bertz CT molecular complexity index is 658. The number of hydrogen-bond donors (Lipinski definition) is 2. The number of hydrogen-bond acceptors (Lipinski definition) is 5. The average Bonchev–Trinajstić information content (AvgIpc) is 2.44. The van der Waals surface area contributed by atoms with E-state index in [4.69, 9.17) is 4.74 Å². The summed E-state index contributed by atoms with van der Waals surface area (Å²) in [5, 5.41) is 2.71. The summed E-state index contributed by atoms with van der Waals surface area (Å²) in [6, 6.07) is 6.04. The second kappa shape index (κ2) is 8.52. The molecule has 2 N–H and O–H groups in total. The summed E-state index contributed by atoms with van der Waals surface area (Å²) in [6.45, 7) is 3.46. The lowest BCUT2D eigenvalue weighted by molar-refractivity contribution is -0.124. The number of esters is 1. The molecule has 0 heterocycles. The lowest BCUT2D eigenvalue weighted by atomic mass is 10.2. The van der Waals surface area contributed by atoms with Crippen molar-refractivity contribution in [2.75, 3.05) is 17.6 Å². The highest BCUT2D eigenvalue weighted by molar-refractivity contribution is 7.92. The highest BCUT2D eigenvalue weighted by Gasteiger charge is 2.16. The Morgan fingerprint density at radius 3 is 2.52 bits per heavy atom. The molecule has 0 spiro atoms. The number of rotatable bonds is 8. The normalized spacial score (nSPS) is 12.3. The summed E-state index contributed by atoms with van der Waals surface area (Å²) in [5.41, 5.74) is 0.159. The molecule has 1 atom stereocenters. The van der Waals surface area contributed by atoms with Crippen LogP contribution < -0.4 is 10.0 Å². The van der Waals surface area contributed by atoms with Crippen molar-refractivity contribution in [1.29, 1.82) is 0 Å². The van der Waals surface area contributed by atoms with Gasteiger partial charge in [-0.3, -0.25) is 9.52 Å². The van der Waals surface area contributed by atoms with Crippen molar-refractivity contribution >= 4 is 27.6 Å². The Morgan fingerprint density at radius 2 is 1.91 bits per heavy atom. The van der Waals surface area contributed by atoms with Gasteiger partial charge in [-0.25, -0.2) is 13.2 Å². The van der Waals surface area contributed by atoms with E-state index in [0.717, 1.165) is 19.1 Å². The number of sulfonamides is 1. The molecule has 0 aliphatic heterocycles. The van der Waals surface area contributed by atoms with Gasteiger partial charge in [0.25, 0.3) is 5.91 Å². The highest BCUT2D eigenvalue weighted by atomic mass is 32.2. The van der Waals surface area contributed by atoms with Crippen molar-refractivity contribution in [3.63, 3.8) is 0 Å². The summed E-state index contributed by atoms with van der Waals surface area (Å²) in [5.74, 6) is -1.16. The van der Waals surface area contributed by atoms with E-state index in [2.05, 4.69) is 10.0 Å². The van der Waals surface area contributed by atoms with Crippen LogP contribution in [0.4, 0.5) is 5.69 Å². The van der Waals surface area contributed by atoms with E-state index in [1.807, 2.05) is 13.8 Å². The third-order valence-corrected chi connectivity index (χ3v) is 3.50. The van der Waals surface area contributed by atoms with Gasteiger partial charge in [-0.05, 0) is 25.5 Å². The van der Waals surface area contributed by atoms with Gasteiger partial charge in [0.05, 0.1) is 17.5 Å². The Morgan fingerprint density at radius 1 is 1.26 bits per heavy atom. The van der Waals surface area contributed by atoms with Crippen LogP contribution in [0.2, 0.25) is 0 Å². The molecule has 23 heavy (non-hydrogen) atoms. The van der Waals surface area contributed by atoms with Crippen molar-refractivity contribution < 1.29 is 22.7 Å². The molecule has 0 saturated heterocycles. The third-order valence-electron chi connectivity index (χ3n) is 2.91. The molecule has 0 aliphatic rings. The molecule has 1 rings (SSSR count). The fraction of sp³-hybridized carbons (Fsp3) is 0.467. The molecule has 0 aromatic heterocycles. The minimum absolute atomic E-state index is 0.00499. The van der Waals surface area contributed by atoms with Crippen LogP contribution in [0.5, 0.6) is 0 Å². The lowest BCUT2D eigenvalue weighted by Gasteiger charge is -2.13. The summed E-state index contributed by atoms with van der Waals surface area (Å²) >= 11 is 0. The standard InChI is InChI=1S/C15H22N2O5S/c1-4-7-11(2)16-14(18)10-22-15(19)12-8-5-6-9-13(12)17-23(3,20)21/h5-6,8-9,11,17H,4,7,10H2,1-3H3,(H,16,18)/t11-/m1/s1. The topological polar surface area (TPSA) is 102 Å². The Balaban J connectivity index is 2.67. The maximum atomic E-state index is 12.0. The molecule has 0 unspecified atom stereocenters. The molecule has 7 nitrogen and oxygen atoms in total. The Labute approximate surface area is 136 Å². The molecule has 1 aromatic rings. The number of carbonyl (C=O) groups excluding carboxylic acids is 2. The van der Waals surface area contributed by atoms with Gasteiger partial charge in [-0.15, -0.1) is 0 Å². The number of ether oxygens (including phenoxy) is 1. The summed E-state index contributed by atoms with van der Waals surface area (Å²) in [4.78, 5) is 23.7. The van der Waals surface area contributed by atoms with Gasteiger partial charge >= 0.3 is 5.97 Å². The molecule has 128 valence electrons. The second-order valence-corrected chi connectivity index (χ2v) is 7.00. The number of para-hydroxylation sites is 1. The first-order chi connectivity index (χ1) is 10.7. The number of carbonyl (C=O) groups is 2. The zero-order valence-corrected chi connectivity index (χ0v) is 14.3. The van der Waals surface area contributed by atoms with E-state index >= 15 is 0 Å². The van der Waals surface area contributed by atoms with Crippen LogP contribution in [-0.2, 0) is 19.6 Å². The second-order valence-electron chi connectivity index (χ2n) is 5.25. The molecule has 0 bridgehead atoms. The quantitative estimate of drug-likeness (QED) is 0.698. The molecule has 8 heteroatoms. The molecule has 0 radical (unpaired) electrons. The van der Waals surface area contributed by atoms with Crippen LogP contribution in [0, 0.1) is 0 Å². The van der Waals surface area contributed by atoms with Gasteiger partial charge in [-0.1, -0.05) is 25.5 Å². The van der Waals surface area contributed by atoms with Crippen molar-refractivity contribution in [3.8, 4) is 0 Å². The van der Waals surface area contributed by atoms with Crippen LogP contribution in [0.1, 0.15) is 37.0 Å². The first-order valence-electron chi connectivity index (χ1n) is 7.26. The fourth-order valence-corrected chi connectivity index (χ4v) is 2.56. The third kappa shape index (κ3) is 7.14. The van der Waals surface area contributed by atoms with Crippen molar-refractivity contribution in [1.82, 2.24) is 5.32 Å². The van der Waals surface area contributed by atoms with Crippen LogP contribution in [0.25, 0.3) is 0 Å². The van der Waals surface area contributed by atoms with E-state index in [1.54, 1.807) is 12.1 Å². The van der Waals surface area contributed by atoms with E-state index in [1.165, 1.54) is 12.1 Å². The predicted molar refractivity (Wildman–Crippen MR) is 87.7 cm³/mol. The number of nitrogens with one attached hydrogen (secondary N) is 2. The Kier molecular flexibility index (Phi) is 7.02. The minimum atomic E-state index is -3.52. The first-order valence-corrected chi connectivity index (χ1v) is 9.15. The molecule has 0 fully saturated rings. The van der Waals surface area contributed by atoms with Crippen LogP contribution in [0.3, 0.4) is 0 Å². The van der Waals surface area contributed by atoms with E-state index in [9.17, 15) is 18.0 Å². The monoisotopic (exact) mass is 342 g/mol. The minimum Gasteiger partial charge on any atom is -0.452 e. The SMILES string of the molecule is CCC[C@@H](C)NC(=O)COC(=O)c1ccccc1NS(C)(=O)=O. The highest BCUT2D eigenvalue weighted by Crippen LogP contribution is 2.17. The average molecular weight is 342 g/mol.